The second kappa shape index (κ2) is 38.5. The van der Waals surface area contributed by atoms with Crippen molar-refractivity contribution in [2.45, 2.75) is 26.4 Å². The van der Waals surface area contributed by atoms with Gasteiger partial charge in [0, 0.05) is 7.11 Å². The molecule has 0 aliphatic carbocycles. The lowest BCUT2D eigenvalue weighted by atomic mass is 10.3. The first-order valence-corrected chi connectivity index (χ1v) is 15.3. The molecule has 254 valence electrons. The zero-order chi connectivity index (χ0) is 30.4. The van der Waals surface area contributed by atoms with Crippen LogP contribution in [0, 0.1) is 0 Å². The van der Waals surface area contributed by atoms with E-state index in [-0.39, 0.29) is 6.10 Å². The zero-order valence-electron chi connectivity index (χ0n) is 26.6. The van der Waals surface area contributed by atoms with Crippen LogP contribution in [0.3, 0.4) is 0 Å². The van der Waals surface area contributed by atoms with E-state index < -0.39 is 0 Å². The van der Waals surface area contributed by atoms with Gasteiger partial charge >= 0.3 is 0 Å². The fraction of sp³-hybridized carbons (Fsp3) is 1.00. The molecule has 0 bridgehead atoms. The Kier molecular flexibility index (Phi) is 38.0. The highest BCUT2D eigenvalue weighted by Crippen LogP contribution is 1.95. The summed E-state index contributed by atoms with van der Waals surface area (Å²) < 4.78 is 70.3. The van der Waals surface area contributed by atoms with Gasteiger partial charge in [0.15, 0.2) is 0 Å². The molecule has 0 rings (SSSR count). The normalized spacial score (nSPS) is 12.4. The van der Waals surface area contributed by atoms with Gasteiger partial charge in [-0.15, -0.1) is 0 Å². The molecule has 13 nitrogen and oxygen atoms in total. The predicted octanol–water partition coefficient (Wildman–Crippen LogP) is 1.63. The molecular weight excluding hydrogens is 556 g/mol. The second-order valence-corrected chi connectivity index (χ2v) is 8.82. The molecular formula is C29H60O13. The summed E-state index contributed by atoms with van der Waals surface area (Å²) in [4.78, 5) is 0. The molecule has 0 spiro atoms. The average molecular weight is 617 g/mol. The molecule has 0 N–H and O–H groups in total. The quantitative estimate of drug-likeness (QED) is 0.0936. The number of hydrogen-bond acceptors (Lipinski definition) is 13. The van der Waals surface area contributed by atoms with Crippen molar-refractivity contribution in [1.82, 2.24) is 0 Å². The van der Waals surface area contributed by atoms with Crippen LogP contribution in [0.5, 0.6) is 0 Å². The monoisotopic (exact) mass is 616 g/mol. The fourth-order valence-electron chi connectivity index (χ4n) is 2.87. The molecule has 0 aliphatic rings. The minimum Gasteiger partial charge on any atom is -0.382 e. The van der Waals surface area contributed by atoms with Gasteiger partial charge in [-0.3, -0.25) is 0 Å². The van der Waals surface area contributed by atoms with E-state index in [4.69, 9.17) is 61.6 Å². The van der Waals surface area contributed by atoms with Gasteiger partial charge in [0.25, 0.3) is 0 Å². The van der Waals surface area contributed by atoms with Gasteiger partial charge in [-0.2, -0.15) is 0 Å². The Labute approximate surface area is 253 Å². The summed E-state index contributed by atoms with van der Waals surface area (Å²) in [5.74, 6) is 0. The average Bonchev–Trinajstić information content (AvgIpc) is 3.00. The molecule has 0 aromatic carbocycles. The van der Waals surface area contributed by atoms with Gasteiger partial charge in [0.2, 0.25) is 0 Å². The van der Waals surface area contributed by atoms with Crippen LogP contribution in [0.1, 0.15) is 20.3 Å². The summed E-state index contributed by atoms with van der Waals surface area (Å²) >= 11 is 0. The van der Waals surface area contributed by atoms with Crippen molar-refractivity contribution in [3.8, 4) is 0 Å². The first-order chi connectivity index (χ1) is 20.8. The van der Waals surface area contributed by atoms with E-state index in [0.717, 1.165) is 6.42 Å². The maximum atomic E-state index is 5.54. The van der Waals surface area contributed by atoms with Gasteiger partial charge < -0.3 is 61.6 Å². The van der Waals surface area contributed by atoms with Crippen molar-refractivity contribution in [2.75, 3.05) is 166 Å². The van der Waals surface area contributed by atoms with Crippen molar-refractivity contribution in [3.63, 3.8) is 0 Å². The first-order valence-electron chi connectivity index (χ1n) is 15.3. The van der Waals surface area contributed by atoms with E-state index in [1.807, 2.05) is 0 Å². The lowest BCUT2D eigenvalue weighted by Gasteiger charge is -2.11. The Morgan fingerprint density at radius 3 is 0.690 bits per heavy atom. The summed E-state index contributed by atoms with van der Waals surface area (Å²) in [5, 5.41) is 0. The summed E-state index contributed by atoms with van der Waals surface area (Å²) in [7, 11) is 1.65. The second-order valence-electron chi connectivity index (χ2n) is 8.82. The highest BCUT2D eigenvalue weighted by atomic mass is 16.6. The summed E-state index contributed by atoms with van der Waals surface area (Å²) in [6, 6.07) is 0. The first kappa shape index (κ1) is 41.5. The van der Waals surface area contributed by atoms with Gasteiger partial charge in [0.1, 0.15) is 0 Å². The van der Waals surface area contributed by atoms with Crippen molar-refractivity contribution in [3.05, 3.63) is 0 Å². The van der Waals surface area contributed by atoms with Crippen LogP contribution in [0.4, 0.5) is 0 Å². The van der Waals surface area contributed by atoms with E-state index in [1.54, 1.807) is 7.11 Å². The minimum atomic E-state index is 0.283. The van der Waals surface area contributed by atoms with Crippen molar-refractivity contribution in [1.29, 1.82) is 0 Å². The number of hydrogen-bond donors (Lipinski definition) is 0. The van der Waals surface area contributed by atoms with E-state index in [0.29, 0.717) is 159 Å². The molecule has 1 unspecified atom stereocenters. The lowest BCUT2D eigenvalue weighted by Crippen LogP contribution is -2.16. The van der Waals surface area contributed by atoms with Crippen LogP contribution < -0.4 is 0 Å². The van der Waals surface area contributed by atoms with Crippen LogP contribution in [-0.4, -0.2) is 172 Å². The molecule has 0 aromatic rings. The third kappa shape index (κ3) is 37.5. The van der Waals surface area contributed by atoms with E-state index in [2.05, 4.69) is 13.8 Å². The molecule has 1 atom stereocenters. The fourth-order valence-corrected chi connectivity index (χ4v) is 2.87. The zero-order valence-corrected chi connectivity index (χ0v) is 26.6. The summed E-state index contributed by atoms with van der Waals surface area (Å²) in [6.07, 6.45) is 1.30. The molecule has 13 heteroatoms. The molecule has 0 saturated carbocycles. The van der Waals surface area contributed by atoms with Crippen LogP contribution in [0.15, 0.2) is 0 Å². The largest absolute Gasteiger partial charge is 0.382 e. The van der Waals surface area contributed by atoms with Crippen molar-refractivity contribution in [2.24, 2.45) is 0 Å². The molecule has 0 amide bonds. The SMILES string of the molecule is CCC(C)OCCOCCOCCOCCOCCOCCOCCOCCOCCOCCOCCOCCOC. The molecule has 0 radical (unpaired) electrons. The maximum absolute atomic E-state index is 5.54. The molecule has 0 aromatic heterocycles. The van der Waals surface area contributed by atoms with Crippen LogP contribution in [0.25, 0.3) is 0 Å². The van der Waals surface area contributed by atoms with Crippen LogP contribution in [-0.2, 0) is 61.6 Å². The predicted molar refractivity (Wildman–Crippen MR) is 157 cm³/mol. The Morgan fingerprint density at radius 2 is 0.500 bits per heavy atom. The number of ether oxygens (including phenoxy) is 13. The van der Waals surface area contributed by atoms with E-state index in [1.165, 1.54) is 0 Å². The van der Waals surface area contributed by atoms with Gasteiger partial charge in [-0.1, -0.05) is 6.92 Å². The van der Waals surface area contributed by atoms with Gasteiger partial charge in [-0.25, -0.2) is 0 Å². The third-order valence-corrected chi connectivity index (χ3v) is 5.36. The van der Waals surface area contributed by atoms with Crippen LogP contribution >= 0.6 is 0 Å². The summed E-state index contributed by atoms with van der Waals surface area (Å²) in [5.41, 5.74) is 0. The Balaban J connectivity index is 3.04. The smallest absolute Gasteiger partial charge is 0.0704 e. The van der Waals surface area contributed by atoms with Gasteiger partial charge in [-0.05, 0) is 13.3 Å². The van der Waals surface area contributed by atoms with Crippen LogP contribution in [0.2, 0.25) is 0 Å². The van der Waals surface area contributed by atoms with E-state index in [9.17, 15) is 0 Å². The van der Waals surface area contributed by atoms with E-state index >= 15 is 0 Å². The number of rotatable bonds is 38. The van der Waals surface area contributed by atoms with Gasteiger partial charge in [0.05, 0.1) is 165 Å². The lowest BCUT2D eigenvalue weighted by molar-refractivity contribution is -0.0301. The maximum Gasteiger partial charge on any atom is 0.0704 e. The molecule has 0 saturated heterocycles. The Bertz CT molecular complexity index is 477. The molecule has 0 heterocycles. The molecule has 42 heavy (non-hydrogen) atoms. The van der Waals surface area contributed by atoms with Crippen molar-refractivity contribution < 1.29 is 61.6 Å². The minimum absolute atomic E-state index is 0.283. The highest BCUT2D eigenvalue weighted by molar-refractivity contribution is 4.44. The molecule has 0 fully saturated rings. The molecule has 0 aliphatic heterocycles. The highest BCUT2D eigenvalue weighted by Gasteiger charge is 1.98. The topological polar surface area (TPSA) is 120 Å². The Hall–Kier alpha value is -0.520. The summed E-state index contributed by atoms with van der Waals surface area (Å²) in [6.45, 7) is 17.1. The van der Waals surface area contributed by atoms with Crippen molar-refractivity contribution >= 4 is 0 Å². The third-order valence-electron chi connectivity index (χ3n) is 5.36. The number of methoxy groups -OCH3 is 1. The standard InChI is InChI=1S/C29H60O13/c1-4-29(2)42-28-27-41-26-25-40-24-23-39-22-21-38-20-19-37-18-17-36-16-15-35-14-13-34-12-11-33-10-9-32-8-7-31-6-5-30-3/h29H,4-28H2,1-3H3. The Morgan fingerprint density at radius 1 is 0.310 bits per heavy atom.